The molecule has 0 spiro atoms. The number of phenolic OH excluding ortho intramolecular Hbond substituents is 1. The van der Waals surface area contributed by atoms with E-state index in [2.05, 4.69) is 0 Å². The fourth-order valence-corrected chi connectivity index (χ4v) is 1.23. The number of phenols is 1. The van der Waals surface area contributed by atoms with E-state index in [1.807, 2.05) is 0 Å². The van der Waals surface area contributed by atoms with Crippen LogP contribution < -0.4 is 0 Å². The van der Waals surface area contributed by atoms with Crippen LogP contribution >= 0.6 is 0 Å². The molecule has 0 heterocycles. The van der Waals surface area contributed by atoms with Crippen molar-refractivity contribution in [3.05, 3.63) is 29.3 Å². The first kappa shape index (κ1) is 13.9. The second kappa shape index (κ2) is 4.99. The molecule has 1 unspecified atom stereocenters. The molecule has 0 aromatic heterocycles. The Bertz CT molecular complexity index is 481. The van der Waals surface area contributed by atoms with Gasteiger partial charge in [0.05, 0.1) is 0 Å². The van der Waals surface area contributed by atoms with Crippen molar-refractivity contribution < 1.29 is 28.6 Å². The van der Waals surface area contributed by atoms with Crippen molar-refractivity contribution in [1.82, 2.24) is 4.90 Å². The van der Waals surface area contributed by atoms with Gasteiger partial charge >= 0.3 is 5.97 Å². The van der Waals surface area contributed by atoms with Gasteiger partial charge < -0.3 is 15.1 Å². The van der Waals surface area contributed by atoms with E-state index in [0.717, 1.165) is 4.90 Å². The molecular formula is C11H11F2NO4. The third-order valence-corrected chi connectivity index (χ3v) is 2.52. The molecule has 18 heavy (non-hydrogen) atoms. The molecule has 0 fully saturated rings. The Balaban J connectivity index is 3.08. The van der Waals surface area contributed by atoms with Crippen molar-refractivity contribution in [2.75, 3.05) is 7.05 Å². The molecule has 0 bridgehead atoms. The molecule has 5 nitrogen and oxygen atoms in total. The number of carboxylic acids is 1. The molecular weight excluding hydrogens is 248 g/mol. The van der Waals surface area contributed by atoms with Crippen LogP contribution in [0.1, 0.15) is 17.3 Å². The maximum Gasteiger partial charge on any atom is 0.326 e. The summed E-state index contributed by atoms with van der Waals surface area (Å²) in [6.45, 7) is 1.26. The number of nitrogens with zero attached hydrogens (tertiary/aromatic N) is 1. The average molecular weight is 259 g/mol. The average Bonchev–Trinajstić information content (AvgIpc) is 2.32. The summed E-state index contributed by atoms with van der Waals surface area (Å²) in [7, 11) is 1.20. The zero-order valence-corrected chi connectivity index (χ0v) is 9.65. The normalized spacial score (nSPS) is 12.0. The van der Waals surface area contributed by atoms with Gasteiger partial charge in [0, 0.05) is 12.6 Å². The summed E-state index contributed by atoms with van der Waals surface area (Å²) in [4.78, 5) is 23.3. The van der Waals surface area contributed by atoms with Gasteiger partial charge in [0.2, 0.25) is 0 Å². The van der Waals surface area contributed by atoms with E-state index in [-0.39, 0.29) is 5.56 Å². The molecule has 0 saturated heterocycles. The zero-order valence-electron chi connectivity index (χ0n) is 9.65. The van der Waals surface area contributed by atoms with E-state index in [1.54, 1.807) is 0 Å². The van der Waals surface area contributed by atoms with Gasteiger partial charge in [0.25, 0.3) is 5.91 Å². The fraction of sp³-hybridized carbons (Fsp3) is 0.273. The van der Waals surface area contributed by atoms with E-state index in [0.29, 0.717) is 12.1 Å². The predicted molar refractivity (Wildman–Crippen MR) is 57.2 cm³/mol. The lowest BCUT2D eigenvalue weighted by atomic mass is 10.1. The van der Waals surface area contributed by atoms with Gasteiger partial charge in [-0.2, -0.15) is 0 Å². The van der Waals surface area contributed by atoms with Crippen molar-refractivity contribution in [2.24, 2.45) is 0 Å². The monoisotopic (exact) mass is 259 g/mol. The van der Waals surface area contributed by atoms with Crippen LogP contribution in [0.15, 0.2) is 12.1 Å². The van der Waals surface area contributed by atoms with Gasteiger partial charge in [0.1, 0.15) is 6.04 Å². The minimum Gasteiger partial charge on any atom is -0.503 e. The van der Waals surface area contributed by atoms with Crippen molar-refractivity contribution in [3.8, 4) is 5.75 Å². The number of rotatable bonds is 3. The maximum absolute atomic E-state index is 13.0. The van der Waals surface area contributed by atoms with Crippen LogP contribution in [-0.4, -0.2) is 40.1 Å². The van der Waals surface area contributed by atoms with Gasteiger partial charge in [-0.25, -0.2) is 13.6 Å². The minimum atomic E-state index is -1.28. The number of halogens is 2. The van der Waals surface area contributed by atoms with E-state index in [4.69, 9.17) is 10.2 Å². The van der Waals surface area contributed by atoms with Gasteiger partial charge in [0.15, 0.2) is 17.4 Å². The standard InChI is InChI=1S/C11H11F2NO4/c1-5(11(17)18)14(2)10(16)6-3-7(12)9(15)8(13)4-6/h3-5,15H,1-2H3,(H,17,18). The first-order chi connectivity index (χ1) is 8.25. The van der Waals surface area contributed by atoms with E-state index in [1.165, 1.54) is 14.0 Å². The maximum atomic E-state index is 13.0. The van der Waals surface area contributed by atoms with Gasteiger partial charge in [-0.3, -0.25) is 4.79 Å². The van der Waals surface area contributed by atoms with Crippen molar-refractivity contribution in [2.45, 2.75) is 13.0 Å². The predicted octanol–water partition coefficient (Wildman–Crippen LogP) is 1.22. The van der Waals surface area contributed by atoms with Crippen LogP contribution in [0, 0.1) is 11.6 Å². The summed E-state index contributed by atoms with van der Waals surface area (Å²) < 4.78 is 26.1. The fourth-order valence-electron chi connectivity index (χ4n) is 1.23. The van der Waals surface area contributed by atoms with Crippen LogP contribution in [0.4, 0.5) is 8.78 Å². The minimum absolute atomic E-state index is 0.376. The Morgan fingerprint density at radius 2 is 1.72 bits per heavy atom. The lowest BCUT2D eigenvalue weighted by Crippen LogP contribution is -2.40. The Morgan fingerprint density at radius 1 is 1.28 bits per heavy atom. The lowest BCUT2D eigenvalue weighted by molar-refractivity contribution is -0.141. The largest absolute Gasteiger partial charge is 0.503 e. The number of hydrogen-bond acceptors (Lipinski definition) is 3. The number of carbonyl (C=O) groups is 2. The summed E-state index contributed by atoms with van der Waals surface area (Å²) in [6.07, 6.45) is 0. The van der Waals surface area contributed by atoms with Crippen molar-refractivity contribution >= 4 is 11.9 Å². The number of likely N-dealkylation sites (N-methyl/N-ethyl adjacent to an activating group) is 1. The number of aromatic hydroxyl groups is 1. The molecule has 0 aliphatic rings. The van der Waals surface area contributed by atoms with Crippen molar-refractivity contribution in [3.63, 3.8) is 0 Å². The molecule has 1 aromatic carbocycles. The molecule has 0 radical (unpaired) electrons. The highest BCUT2D eigenvalue weighted by molar-refractivity contribution is 5.96. The van der Waals surface area contributed by atoms with Crippen molar-refractivity contribution in [1.29, 1.82) is 0 Å². The zero-order chi connectivity index (χ0) is 14.0. The summed E-state index contributed by atoms with van der Waals surface area (Å²) in [6, 6.07) is 0.148. The Labute approximate surface area is 101 Å². The molecule has 1 atom stereocenters. The number of hydrogen-bond donors (Lipinski definition) is 2. The molecule has 1 aromatic rings. The molecule has 0 aliphatic heterocycles. The van der Waals surface area contributed by atoms with Gasteiger partial charge in [-0.1, -0.05) is 0 Å². The molecule has 1 amide bonds. The number of amides is 1. The van der Waals surface area contributed by atoms with E-state index >= 15 is 0 Å². The van der Waals surface area contributed by atoms with Crippen LogP contribution in [0.5, 0.6) is 5.75 Å². The topological polar surface area (TPSA) is 77.8 Å². The van der Waals surface area contributed by atoms with E-state index in [9.17, 15) is 18.4 Å². The van der Waals surface area contributed by atoms with Crippen LogP contribution in [0.3, 0.4) is 0 Å². The number of carbonyl (C=O) groups excluding carboxylic acids is 1. The SMILES string of the molecule is CC(C(=O)O)N(C)C(=O)c1cc(F)c(O)c(F)c1. The van der Waals surface area contributed by atoms with Gasteiger partial charge in [-0.05, 0) is 19.1 Å². The third kappa shape index (κ3) is 2.55. The Kier molecular flexibility index (Phi) is 3.85. The molecule has 1 rings (SSSR count). The number of benzene rings is 1. The number of aliphatic carboxylic acids is 1. The number of carboxylic acid groups (broad SMARTS) is 1. The molecule has 0 aliphatic carbocycles. The molecule has 98 valence electrons. The molecule has 0 saturated carbocycles. The second-order valence-corrected chi connectivity index (χ2v) is 3.72. The summed E-state index contributed by atoms with van der Waals surface area (Å²) >= 11 is 0. The van der Waals surface area contributed by atoms with Crippen LogP contribution in [0.25, 0.3) is 0 Å². The highest BCUT2D eigenvalue weighted by Crippen LogP contribution is 2.22. The van der Waals surface area contributed by atoms with Crippen LogP contribution in [0.2, 0.25) is 0 Å². The molecule has 2 N–H and O–H groups in total. The summed E-state index contributed by atoms with van der Waals surface area (Å²) in [5, 5.41) is 17.6. The molecule has 7 heteroatoms. The first-order valence-corrected chi connectivity index (χ1v) is 4.93. The smallest absolute Gasteiger partial charge is 0.326 e. The second-order valence-electron chi connectivity index (χ2n) is 3.72. The Hall–Kier alpha value is -2.18. The summed E-state index contributed by atoms with van der Waals surface area (Å²) in [5.74, 6) is -5.85. The van der Waals surface area contributed by atoms with Gasteiger partial charge in [-0.15, -0.1) is 0 Å². The first-order valence-electron chi connectivity index (χ1n) is 4.93. The lowest BCUT2D eigenvalue weighted by Gasteiger charge is -2.21. The quantitative estimate of drug-likeness (QED) is 0.855. The Morgan fingerprint density at radius 3 is 2.11 bits per heavy atom. The van der Waals surface area contributed by atoms with Crippen LogP contribution in [-0.2, 0) is 4.79 Å². The summed E-state index contributed by atoms with van der Waals surface area (Å²) in [5.41, 5.74) is -0.376. The third-order valence-electron chi connectivity index (χ3n) is 2.52. The highest BCUT2D eigenvalue weighted by Gasteiger charge is 2.24. The highest BCUT2D eigenvalue weighted by atomic mass is 19.1. The van der Waals surface area contributed by atoms with E-state index < -0.39 is 35.3 Å².